The predicted octanol–water partition coefficient (Wildman–Crippen LogP) is 3.09. The van der Waals surface area contributed by atoms with E-state index in [9.17, 15) is 0 Å². The number of nitrogens with two attached hydrogens (primary N) is 1. The van der Waals surface area contributed by atoms with E-state index in [0.29, 0.717) is 12.0 Å². The number of benzene rings is 1. The lowest BCUT2D eigenvalue weighted by molar-refractivity contribution is 0.149. The zero-order valence-electron chi connectivity index (χ0n) is 12.8. The van der Waals surface area contributed by atoms with E-state index in [4.69, 9.17) is 5.73 Å². The van der Waals surface area contributed by atoms with E-state index >= 15 is 0 Å². The van der Waals surface area contributed by atoms with Gasteiger partial charge in [-0.15, -0.1) is 0 Å². The molecule has 3 rings (SSSR count). The second-order valence-corrected chi connectivity index (χ2v) is 6.57. The highest BCUT2D eigenvalue weighted by molar-refractivity contribution is 5.37. The average molecular weight is 272 g/mol. The van der Waals surface area contributed by atoms with Crippen molar-refractivity contribution in [3.63, 3.8) is 0 Å². The number of aryl methyl sites for hydroxylation is 2. The van der Waals surface area contributed by atoms with Gasteiger partial charge in [0.1, 0.15) is 0 Å². The molecule has 1 aromatic rings. The van der Waals surface area contributed by atoms with Crippen molar-refractivity contribution in [2.24, 2.45) is 5.73 Å². The normalized spacial score (nSPS) is 22.5. The lowest BCUT2D eigenvalue weighted by atomic mass is 9.89. The number of likely N-dealkylation sites (tertiary alicyclic amines) is 1. The van der Waals surface area contributed by atoms with Crippen LogP contribution in [0.5, 0.6) is 0 Å². The molecule has 0 aromatic heterocycles. The average Bonchev–Trinajstić information content (AvgIpc) is 2.96. The highest BCUT2D eigenvalue weighted by atomic mass is 15.2. The van der Waals surface area contributed by atoms with Crippen LogP contribution in [0.2, 0.25) is 0 Å². The van der Waals surface area contributed by atoms with E-state index in [1.54, 1.807) is 11.1 Å². The Hall–Kier alpha value is -0.860. The Bertz CT molecular complexity index is 449. The Morgan fingerprint density at radius 3 is 2.55 bits per heavy atom. The second kappa shape index (κ2) is 6.28. The van der Waals surface area contributed by atoms with Crippen molar-refractivity contribution in [1.29, 1.82) is 0 Å². The van der Waals surface area contributed by atoms with Crippen LogP contribution in [0.15, 0.2) is 18.2 Å². The van der Waals surface area contributed by atoms with E-state index in [-0.39, 0.29) is 0 Å². The zero-order chi connectivity index (χ0) is 13.9. The van der Waals surface area contributed by atoms with Crippen molar-refractivity contribution in [3.8, 4) is 0 Å². The molecular weight excluding hydrogens is 244 g/mol. The molecular formula is C18H28N2. The first-order valence-electron chi connectivity index (χ1n) is 8.35. The molecule has 1 saturated heterocycles. The van der Waals surface area contributed by atoms with E-state index < -0.39 is 0 Å². The van der Waals surface area contributed by atoms with Gasteiger partial charge in [-0.1, -0.05) is 31.5 Å². The van der Waals surface area contributed by atoms with Crippen LogP contribution in [0.1, 0.15) is 55.2 Å². The Morgan fingerprint density at radius 2 is 1.80 bits per heavy atom. The number of piperidine rings is 1. The first-order chi connectivity index (χ1) is 9.79. The van der Waals surface area contributed by atoms with Gasteiger partial charge >= 0.3 is 0 Å². The lowest BCUT2D eigenvalue weighted by Gasteiger charge is -2.37. The number of hydrogen-bond donors (Lipinski definition) is 1. The van der Waals surface area contributed by atoms with Crippen molar-refractivity contribution in [1.82, 2.24) is 4.90 Å². The molecule has 0 amide bonds. The van der Waals surface area contributed by atoms with E-state index in [0.717, 1.165) is 6.54 Å². The summed E-state index contributed by atoms with van der Waals surface area (Å²) in [4.78, 5) is 2.63. The summed E-state index contributed by atoms with van der Waals surface area (Å²) in [5.74, 6) is 0.545. The van der Waals surface area contributed by atoms with Gasteiger partial charge in [0.2, 0.25) is 0 Å². The number of hydrogen-bond acceptors (Lipinski definition) is 2. The van der Waals surface area contributed by atoms with Crippen molar-refractivity contribution in [2.45, 2.75) is 57.4 Å². The zero-order valence-corrected chi connectivity index (χ0v) is 12.8. The highest BCUT2D eigenvalue weighted by Gasteiger charge is 2.26. The second-order valence-electron chi connectivity index (χ2n) is 6.57. The van der Waals surface area contributed by atoms with Crippen LogP contribution < -0.4 is 5.73 Å². The van der Waals surface area contributed by atoms with Gasteiger partial charge in [-0.3, -0.25) is 4.90 Å². The largest absolute Gasteiger partial charge is 0.329 e. The molecule has 1 heterocycles. The lowest BCUT2D eigenvalue weighted by Crippen LogP contribution is -2.46. The monoisotopic (exact) mass is 272 g/mol. The molecule has 2 atom stereocenters. The van der Waals surface area contributed by atoms with Crippen molar-refractivity contribution >= 4 is 0 Å². The fourth-order valence-corrected chi connectivity index (χ4v) is 4.02. The molecule has 2 unspecified atom stereocenters. The number of nitrogens with zero attached hydrogens (tertiary/aromatic N) is 1. The fraction of sp³-hybridized carbons (Fsp3) is 0.667. The maximum atomic E-state index is 6.11. The molecule has 2 nitrogen and oxygen atoms in total. The minimum Gasteiger partial charge on any atom is -0.329 e. The van der Waals surface area contributed by atoms with Crippen LogP contribution in [0, 0.1) is 0 Å². The summed E-state index contributed by atoms with van der Waals surface area (Å²) in [5.41, 5.74) is 10.8. The van der Waals surface area contributed by atoms with E-state index in [1.807, 2.05) is 0 Å². The summed E-state index contributed by atoms with van der Waals surface area (Å²) >= 11 is 0. The van der Waals surface area contributed by atoms with Gasteiger partial charge in [-0.25, -0.2) is 0 Å². The molecule has 0 radical (unpaired) electrons. The van der Waals surface area contributed by atoms with Gasteiger partial charge in [-0.05, 0) is 67.8 Å². The quantitative estimate of drug-likeness (QED) is 0.912. The van der Waals surface area contributed by atoms with Crippen LogP contribution in [0.3, 0.4) is 0 Å². The Balaban J connectivity index is 1.77. The van der Waals surface area contributed by atoms with Crippen LogP contribution in [0.4, 0.5) is 0 Å². The van der Waals surface area contributed by atoms with Crippen LogP contribution in [0.25, 0.3) is 0 Å². The molecule has 2 aliphatic rings. The third kappa shape index (κ3) is 2.77. The van der Waals surface area contributed by atoms with Gasteiger partial charge in [0.15, 0.2) is 0 Å². The molecule has 0 spiro atoms. The summed E-state index contributed by atoms with van der Waals surface area (Å²) in [6.45, 7) is 5.61. The fourth-order valence-electron chi connectivity index (χ4n) is 4.02. The topological polar surface area (TPSA) is 29.3 Å². The SMILES string of the molecule is CC(c1ccc2c(c1)CCC2)C(CN)N1CCCCC1. The molecule has 110 valence electrons. The van der Waals surface area contributed by atoms with Gasteiger partial charge in [0.25, 0.3) is 0 Å². The van der Waals surface area contributed by atoms with Crippen molar-refractivity contribution < 1.29 is 0 Å². The molecule has 1 aliphatic carbocycles. The first-order valence-corrected chi connectivity index (χ1v) is 8.35. The summed E-state index contributed by atoms with van der Waals surface area (Å²) < 4.78 is 0. The molecule has 20 heavy (non-hydrogen) atoms. The number of fused-ring (bicyclic) bond motifs is 1. The first kappa shape index (κ1) is 14.1. The van der Waals surface area contributed by atoms with Gasteiger partial charge in [-0.2, -0.15) is 0 Å². The van der Waals surface area contributed by atoms with E-state index in [2.05, 4.69) is 30.0 Å². The minimum absolute atomic E-state index is 0.509. The van der Waals surface area contributed by atoms with Crippen LogP contribution in [-0.2, 0) is 12.8 Å². The van der Waals surface area contributed by atoms with Crippen LogP contribution in [-0.4, -0.2) is 30.6 Å². The minimum atomic E-state index is 0.509. The van der Waals surface area contributed by atoms with Gasteiger partial charge < -0.3 is 5.73 Å². The highest BCUT2D eigenvalue weighted by Crippen LogP contribution is 2.29. The smallest absolute Gasteiger partial charge is 0.0284 e. The Labute approximate surface area is 123 Å². The van der Waals surface area contributed by atoms with Crippen molar-refractivity contribution in [2.75, 3.05) is 19.6 Å². The maximum Gasteiger partial charge on any atom is 0.0284 e. The molecule has 1 fully saturated rings. The summed E-state index contributed by atoms with van der Waals surface area (Å²) in [6.07, 6.45) is 7.95. The standard InChI is InChI=1S/C18H28N2/c1-14(18(13-19)20-10-3-2-4-11-20)16-9-8-15-6-5-7-17(15)12-16/h8-9,12,14,18H,2-7,10-11,13,19H2,1H3. The summed E-state index contributed by atoms with van der Waals surface area (Å²) in [7, 11) is 0. The molecule has 2 heteroatoms. The molecule has 1 aliphatic heterocycles. The number of rotatable bonds is 4. The van der Waals surface area contributed by atoms with Crippen molar-refractivity contribution in [3.05, 3.63) is 34.9 Å². The third-order valence-corrected chi connectivity index (χ3v) is 5.33. The van der Waals surface area contributed by atoms with Gasteiger partial charge in [0, 0.05) is 12.6 Å². The molecule has 1 aromatic carbocycles. The summed E-state index contributed by atoms with van der Waals surface area (Å²) in [6, 6.07) is 7.67. The molecule has 2 N–H and O–H groups in total. The third-order valence-electron chi connectivity index (χ3n) is 5.33. The predicted molar refractivity (Wildman–Crippen MR) is 85.1 cm³/mol. The molecule has 0 bridgehead atoms. The summed E-state index contributed by atoms with van der Waals surface area (Å²) in [5, 5.41) is 0. The Morgan fingerprint density at radius 1 is 1.05 bits per heavy atom. The molecule has 0 saturated carbocycles. The Kier molecular flexibility index (Phi) is 4.42. The van der Waals surface area contributed by atoms with E-state index in [1.165, 1.54) is 57.2 Å². The van der Waals surface area contributed by atoms with Crippen LogP contribution >= 0.6 is 0 Å². The van der Waals surface area contributed by atoms with Gasteiger partial charge in [0.05, 0.1) is 0 Å². The maximum absolute atomic E-state index is 6.11.